The number of amides is 1. The van der Waals surface area contributed by atoms with Crippen LogP contribution in [0.25, 0.3) is 0 Å². The van der Waals surface area contributed by atoms with Crippen LogP contribution < -0.4 is 10.5 Å². The maximum absolute atomic E-state index is 14.1. The molecular formula is C23H26FN7O2. The Morgan fingerprint density at radius 1 is 1.33 bits per heavy atom. The summed E-state index contributed by atoms with van der Waals surface area (Å²) in [6, 6.07) is 7.67. The molecule has 1 amide bonds. The van der Waals surface area contributed by atoms with Gasteiger partial charge in [-0.2, -0.15) is 10.4 Å². The van der Waals surface area contributed by atoms with E-state index in [-0.39, 0.29) is 35.8 Å². The van der Waals surface area contributed by atoms with Gasteiger partial charge in [0.05, 0.1) is 24.1 Å². The van der Waals surface area contributed by atoms with Gasteiger partial charge in [-0.15, -0.1) is 0 Å². The Hall–Kier alpha value is -4.00. The molecule has 0 spiro atoms. The topological polar surface area (TPSA) is 123 Å². The van der Waals surface area contributed by atoms with E-state index in [9.17, 15) is 14.4 Å². The number of rotatable bonds is 7. The summed E-state index contributed by atoms with van der Waals surface area (Å²) in [5, 5.41) is 13.8. The van der Waals surface area contributed by atoms with Crippen molar-refractivity contribution >= 4 is 11.7 Å². The van der Waals surface area contributed by atoms with Crippen LogP contribution in [0.4, 0.5) is 10.2 Å². The summed E-state index contributed by atoms with van der Waals surface area (Å²) in [6.07, 6.45) is 0.786. The molecule has 0 saturated carbocycles. The predicted molar refractivity (Wildman–Crippen MR) is 120 cm³/mol. The smallest absolute Gasteiger partial charge is 0.258 e. The van der Waals surface area contributed by atoms with E-state index >= 15 is 0 Å². The molecule has 1 atom stereocenters. The first kappa shape index (κ1) is 23.7. The molecule has 2 N–H and O–H groups in total. The molecule has 0 saturated heterocycles. The molecule has 9 nitrogen and oxygen atoms in total. The van der Waals surface area contributed by atoms with E-state index in [0.29, 0.717) is 22.6 Å². The molecule has 1 aromatic carbocycles. The second-order valence-electron chi connectivity index (χ2n) is 8.03. The Balaban J connectivity index is 1.86. The highest BCUT2D eigenvalue weighted by Crippen LogP contribution is 2.27. The number of nitrogens with zero attached hydrogens (tertiary/aromatic N) is 6. The molecule has 10 heteroatoms. The molecule has 2 aromatic heterocycles. The van der Waals surface area contributed by atoms with Crippen LogP contribution in [0.2, 0.25) is 0 Å². The summed E-state index contributed by atoms with van der Waals surface area (Å²) in [5.41, 5.74) is 8.07. The summed E-state index contributed by atoms with van der Waals surface area (Å²) >= 11 is 0. The highest BCUT2D eigenvalue weighted by Gasteiger charge is 2.23. The van der Waals surface area contributed by atoms with Gasteiger partial charge in [0.15, 0.2) is 5.82 Å². The fourth-order valence-corrected chi connectivity index (χ4v) is 3.37. The van der Waals surface area contributed by atoms with Crippen molar-refractivity contribution in [1.82, 2.24) is 24.6 Å². The lowest BCUT2D eigenvalue weighted by molar-refractivity contribution is 0.0778. The number of ether oxygens (including phenoxy) is 1. The molecule has 1 unspecified atom stereocenters. The molecule has 0 bridgehead atoms. The zero-order valence-electron chi connectivity index (χ0n) is 19.2. The number of benzene rings is 1. The fraction of sp³-hybridized carbons (Fsp3) is 0.348. The lowest BCUT2D eigenvalue weighted by Gasteiger charge is -2.22. The van der Waals surface area contributed by atoms with Crippen molar-refractivity contribution < 1.29 is 13.9 Å². The third-order valence-electron chi connectivity index (χ3n) is 4.99. The lowest BCUT2D eigenvalue weighted by Crippen LogP contribution is -2.28. The van der Waals surface area contributed by atoms with E-state index in [1.165, 1.54) is 29.3 Å². The number of carbonyl (C=O) groups excluding carboxylic acids is 1. The number of aromatic nitrogens is 4. The molecule has 3 aromatic rings. The number of aryl methyl sites for hydroxylation is 1. The minimum absolute atomic E-state index is 0.00765. The van der Waals surface area contributed by atoms with Crippen molar-refractivity contribution in [3.8, 4) is 11.9 Å². The van der Waals surface area contributed by atoms with Gasteiger partial charge in [0, 0.05) is 24.2 Å². The van der Waals surface area contributed by atoms with Crippen LogP contribution in [0, 0.1) is 24.1 Å². The van der Waals surface area contributed by atoms with Crippen LogP contribution in [0.3, 0.4) is 0 Å². The minimum atomic E-state index is -0.725. The van der Waals surface area contributed by atoms with E-state index in [1.54, 1.807) is 31.6 Å². The van der Waals surface area contributed by atoms with Crippen molar-refractivity contribution in [2.75, 3.05) is 12.8 Å². The number of hydrogen-bond donors (Lipinski definition) is 1. The maximum atomic E-state index is 14.1. The normalized spacial score (nSPS) is 11.8. The summed E-state index contributed by atoms with van der Waals surface area (Å²) in [4.78, 5) is 22.9. The Morgan fingerprint density at radius 3 is 2.70 bits per heavy atom. The molecule has 0 radical (unpaired) electrons. The molecule has 0 aliphatic rings. The van der Waals surface area contributed by atoms with E-state index < -0.39 is 11.9 Å². The van der Waals surface area contributed by atoms with Gasteiger partial charge in [0.2, 0.25) is 0 Å². The van der Waals surface area contributed by atoms with Gasteiger partial charge in [-0.05, 0) is 52.0 Å². The van der Waals surface area contributed by atoms with Gasteiger partial charge in [0.1, 0.15) is 23.7 Å². The van der Waals surface area contributed by atoms with Crippen LogP contribution in [0.1, 0.15) is 65.9 Å². The molecule has 172 valence electrons. The molecule has 33 heavy (non-hydrogen) atoms. The second kappa shape index (κ2) is 9.65. The molecule has 0 aliphatic heterocycles. The van der Waals surface area contributed by atoms with Crippen LogP contribution in [-0.2, 0) is 6.54 Å². The number of nitriles is 1. The monoisotopic (exact) mass is 451 g/mol. The Labute approximate surface area is 191 Å². The zero-order chi connectivity index (χ0) is 24.3. The molecule has 3 rings (SSSR count). The average Bonchev–Trinajstić information content (AvgIpc) is 3.18. The van der Waals surface area contributed by atoms with Gasteiger partial charge in [-0.3, -0.25) is 9.48 Å². The third kappa shape index (κ3) is 5.26. The average molecular weight is 452 g/mol. The number of nitrogen functional groups attached to an aromatic ring is 1. The van der Waals surface area contributed by atoms with Crippen molar-refractivity contribution in [2.45, 2.75) is 46.4 Å². The van der Waals surface area contributed by atoms with Gasteiger partial charge >= 0.3 is 0 Å². The first-order chi connectivity index (χ1) is 15.6. The molecule has 2 heterocycles. The summed E-state index contributed by atoms with van der Waals surface area (Å²) in [7, 11) is 1.62. The van der Waals surface area contributed by atoms with Crippen LogP contribution in [0.15, 0.2) is 30.5 Å². The van der Waals surface area contributed by atoms with E-state index in [4.69, 9.17) is 10.5 Å². The first-order valence-electron chi connectivity index (χ1n) is 10.4. The van der Waals surface area contributed by atoms with E-state index in [1.807, 2.05) is 13.8 Å². The van der Waals surface area contributed by atoms with E-state index in [0.717, 1.165) is 0 Å². The van der Waals surface area contributed by atoms with Crippen LogP contribution in [-0.4, -0.2) is 37.6 Å². The number of anilines is 1. The maximum Gasteiger partial charge on any atom is 0.258 e. The highest BCUT2D eigenvalue weighted by molar-refractivity contribution is 5.95. The largest absolute Gasteiger partial charge is 0.467 e. The van der Waals surface area contributed by atoms with E-state index in [2.05, 4.69) is 21.1 Å². The SMILES string of the molecule is Cc1cnc(N)c(OC(C)c2cc(F)ccc2C(=O)N(C)Cc2cc(C#N)n(C(C)C)n2)n1. The first-order valence-corrected chi connectivity index (χ1v) is 10.4. The van der Waals surface area contributed by atoms with Crippen LogP contribution in [0.5, 0.6) is 5.88 Å². The lowest BCUT2D eigenvalue weighted by atomic mass is 10.0. The van der Waals surface area contributed by atoms with Gasteiger partial charge in [0.25, 0.3) is 11.8 Å². The van der Waals surface area contributed by atoms with Gasteiger partial charge < -0.3 is 15.4 Å². The number of hydrogen-bond acceptors (Lipinski definition) is 7. The number of halogens is 1. The van der Waals surface area contributed by atoms with Crippen molar-refractivity contribution in [2.24, 2.45) is 0 Å². The second-order valence-corrected chi connectivity index (χ2v) is 8.03. The highest BCUT2D eigenvalue weighted by atomic mass is 19.1. The van der Waals surface area contributed by atoms with Crippen LogP contribution >= 0.6 is 0 Å². The Morgan fingerprint density at radius 2 is 2.06 bits per heavy atom. The number of nitrogens with two attached hydrogens (primary N) is 1. The van der Waals surface area contributed by atoms with Gasteiger partial charge in [-0.25, -0.2) is 14.4 Å². The third-order valence-corrected chi connectivity index (χ3v) is 4.99. The quantitative estimate of drug-likeness (QED) is 0.582. The summed E-state index contributed by atoms with van der Waals surface area (Å²) in [6.45, 7) is 7.44. The fourth-order valence-electron chi connectivity index (χ4n) is 3.37. The summed E-state index contributed by atoms with van der Waals surface area (Å²) in [5.74, 6) is -0.636. The number of carbonyl (C=O) groups is 1. The standard InChI is InChI=1S/C23H26FN7O2/c1-13(2)31-18(10-25)9-17(29-31)12-30(5)23(32)19-7-6-16(24)8-20(19)15(4)33-22-21(26)27-11-14(3)28-22/h6-9,11,13,15H,12H2,1-5H3,(H2,26,27). The summed E-state index contributed by atoms with van der Waals surface area (Å²) < 4.78 is 21.5. The Kier molecular flexibility index (Phi) is 6.92. The van der Waals surface area contributed by atoms with Crippen molar-refractivity contribution in [1.29, 1.82) is 5.26 Å². The minimum Gasteiger partial charge on any atom is -0.467 e. The Bertz CT molecular complexity index is 1220. The molecule has 0 fully saturated rings. The van der Waals surface area contributed by atoms with Crippen molar-refractivity contribution in [3.05, 3.63) is 64.5 Å². The van der Waals surface area contributed by atoms with Crippen molar-refractivity contribution in [3.63, 3.8) is 0 Å². The predicted octanol–water partition coefficient (Wildman–Crippen LogP) is 3.57. The molecular weight excluding hydrogens is 425 g/mol. The molecule has 0 aliphatic carbocycles. The van der Waals surface area contributed by atoms with Gasteiger partial charge in [-0.1, -0.05) is 0 Å². The zero-order valence-corrected chi connectivity index (χ0v) is 19.2.